The summed E-state index contributed by atoms with van der Waals surface area (Å²) in [5.41, 5.74) is 2.00. The fraction of sp³-hybridized carbons (Fsp3) is 0.412. The minimum absolute atomic E-state index is 0.0518. The van der Waals surface area contributed by atoms with Gasteiger partial charge >= 0.3 is 5.97 Å². The molecular formula is C17H22ClNO2Si. The quantitative estimate of drug-likeness (QED) is 0.693. The molecule has 0 aliphatic rings. The minimum atomic E-state index is -2.21. The number of pyridine rings is 1. The molecular weight excluding hydrogens is 314 g/mol. The van der Waals surface area contributed by atoms with Gasteiger partial charge in [-0.05, 0) is 42.8 Å². The van der Waals surface area contributed by atoms with E-state index in [0.29, 0.717) is 16.1 Å². The number of hydrogen-bond donors (Lipinski definition) is 0. The van der Waals surface area contributed by atoms with E-state index in [2.05, 4.69) is 25.8 Å². The maximum atomic E-state index is 12.7. The van der Waals surface area contributed by atoms with Crippen molar-refractivity contribution in [3.05, 3.63) is 40.5 Å². The van der Waals surface area contributed by atoms with Crippen LogP contribution in [-0.4, -0.2) is 19.3 Å². The van der Waals surface area contributed by atoms with Gasteiger partial charge in [-0.25, -0.2) is 4.79 Å². The van der Waals surface area contributed by atoms with E-state index in [-0.39, 0.29) is 11.0 Å². The average Bonchev–Trinajstić information content (AvgIpc) is 2.36. The first kappa shape index (κ1) is 17.0. The molecule has 22 heavy (non-hydrogen) atoms. The van der Waals surface area contributed by atoms with E-state index in [1.807, 2.05) is 32.2 Å². The monoisotopic (exact) mass is 335 g/mol. The molecule has 1 aromatic carbocycles. The molecule has 0 unspecified atom stereocenters. The van der Waals surface area contributed by atoms with Crippen LogP contribution in [0.5, 0.6) is 0 Å². The number of benzene rings is 1. The van der Waals surface area contributed by atoms with Gasteiger partial charge in [0.1, 0.15) is 5.56 Å². The topological polar surface area (TPSA) is 39.2 Å². The smallest absolute Gasteiger partial charge is 0.328 e. The molecule has 0 N–H and O–H groups in total. The lowest BCUT2D eigenvalue weighted by Crippen LogP contribution is -2.42. The Morgan fingerprint density at radius 2 is 1.91 bits per heavy atom. The third-order valence-electron chi connectivity index (χ3n) is 4.30. The second-order valence-corrected chi connectivity index (χ2v) is 12.3. The molecule has 5 heteroatoms. The molecule has 2 rings (SSSR count). The molecule has 0 saturated heterocycles. The third-order valence-corrected chi connectivity index (χ3v) is 8.92. The number of aryl methyl sites for hydroxylation is 1. The van der Waals surface area contributed by atoms with Crippen molar-refractivity contribution in [1.82, 2.24) is 4.98 Å². The summed E-state index contributed by atoms with van der Waals surface area (Å²) in [4.78, 5) is 17.1. The third kappa shape index (κ3) is 3.18. The normalized spacial score (nSPS) is 12.5. The Labute approximate surface area is 137 Å². The molecule has 118 valence electrons. The van der Waals surface area contributed by atoms with Crippen LogP contribution in [-0.2, 0) is 4.43 Å². The van der Waals surface area contributed by atoms with Gasteiger partial charge in [-0.15, -0.1) is 0 Å². The summed E-state index contributed by atoms with van der Waals surface area (Å²) in [5, 5.41) is 1.23. The van der Waals surface area contributed by atoms with Gasteiger partial charge in [0.25, 0.3) is 8.32 Å². The first-order chi connectivity index (χ1) is 10.0. The van der Waals surface area contributed by atoms with Gasteiger partial charge in [-0.3, -0.25) is 4.98 Å². The Kier molecular flexibility index (Phi) is 4.37. The molecule has 0 saturated carbocycles. The van der Waals surface area contributed by atoms with Crippen molar-refractivity contribution in [1.29, 1.82) is 0 Å². The molecule has 2 aromatic rings. The number of carbonyl (C=O) groups excluding carboxylic acids is 1. The highest BCUT2D eigenvalue weighted by Crippen LogP contribution is 2.38. The van der Waals surface area contributed by atoms with Gasteiger partial charge in [0.2, 0.25) is 0 Å². The van der Waals surface area contributed by atoms with Gasteiger partial charge in [-0.1, -0.05) is 38.4 Å². The first-order valence-corrected chi connectivity index (χ1v) is 10.6. The zero-order chi connectivity index (χ0) is 16.7. The Morgan fingerprint density at radius 3 is 2.50 bits per heavy atom. The highest BCUT2D eigenvalue weighted by atomic mass is 35.5. The summed E-state index contributed by atoms with van der Waals surface area (Å²) < 4.78 is 5.88. The van der Waals surface area contributed by atoms with E-state index in [9.17, 15) is 4.79 Å². The maximum Gasteiger partial charge on any atom is 0.328 e. The lowest BCUT2D eigenvalue weighted by atomic mass is 10.1. The van der Waals surface area contributed by atoms with Gasteiger partial charge in [-0.2, -0.15) is 0 Å². The number of nitrogens with zero attached hydrogens (tertiary/aromatic N) is 1. The summed E-state index contributed by atoms with van der Waals surface area (Å²) in [6.07, 6.45) is 1.74. The fourth-order valence-electron chi connectivity index (χ4n) is 1.92. The lowest BCUT2D eigenvalue weighted by Gasteiger charge is -2.35. The zero-order valence-corrected chi connectivity index (χ0v) is 15.7. The summed E-state index contributed by atoms with van der Waals surface area (Å²) in [7, 11) is -2.21. The molecule has 0 atom stereocenters. The second-order valence-electron chi connectivity index (χ2n) is 7.16. The van der Waals surface area contributed by atoms with Crippen LogP contribution in [0.4, 0.5) is 0 Å². The van der Waals surface area contributed by atoms with Crippen molar-refractivity contribution in [2.24, 2.45) is 0 Å². The Bertz CT molecular complexity index is 735. The van der Waals surface area contributed by atoms with Crippen molar-refractivity contribution in [3.8, 4) is 0 Å². The first-order valence-electron chi connectivity index (χ1n) is 7.31. The van der Waals surface area contributed by atoms with Gasteiger partial charge in [0.15, 0.2) is 0 Å². The minimum Gasteiger partial charge on any atom is -0.516 e. The predicted octanol–water partition coefficient (Wildman–Crippen LogP) is 5.36. The van der Waals surface area contributed by atoms with Gasteiger partial charge in [0, 0.05) is 11.6 Å². The number of fused-ring (bicyclic) bond motifs is 1. The number of halogens is 1. The van der Waals surface area contributed by atoms with Crippen molar-refractivity contribution in [2.75, 3.05) is 0 Å². The zero-order valence-electron chi connectivity index (χ0n) is 14.0. The number of carbonyl (C=O) groups is 1. The largest absolute Gasteiger partial charge is 0.516 e. The average molecular weight is 336 g/mol. The van der Waals surface area contributed by atoms with Crippen LogP contribution in [0, 0.1) is 6.92 Å². The van der Waals surface area contributed by atoms with E-state index < -0.39 is 8.32 Å². The predicted molar refractivity (Wildman–Crippen MR) is 94.1 cm³/mol. The van der Waals surface area contributed by atoms with E-state index in [1.165, 1.54) is 0 Å². The molecule has 0 aliphatic heterocycles. The molecule has 0 radical (unpaired) electrons. The highest BCUT2D eigenvalue weighted by Gasteiger charge is 2.41. The summed E-state index contributed by atoms with van der Waals surface area (Å²) in [6, 6.07) is 5.59. The molecule has 0 spiro atoms. The Morgan fingerprint density at radius 1 is 1.27 bits per heavy atom. The van der Waals surface area contributed by atoms with Crippen LogP contribution in [0.3, 0.4) is 0 Å². The van der Waals surface area contributed by atoms with E-state index in [1.54, 1.807) is 12.3 Å². The molecule has 0 aliphatic carbocycles. The number of aromatic nitrogens is 1. The molecule has 0 bridgehead atoms. The lowest BCUT2D eigenvalue weighted by molar-refractivity contribution is 0.0714. The fourth-order valence-corrected chi connectivity index (χ4v) is 3.02. The van der Waals surface area contributed by atoms with Gasteiger partial charge in [0.05, 0.1) is 10.5 Å². The van der Waals surface area contributed by atoms with Crippen LogP contribution in [0.2, 0.25) is 23.2 Å². The van der Waals surface area contributed by atoms with Crippen LogP contribution in [0.1, 0.15) is 36.7 Å². The SMILES string of the molecule is Cc1cnc2c(C(=O)O[Si](C)(C)C(C)(C)C)c(Cl)ccc2c1. The molecule has 1 aromatic heterocycles. The van der Waals surface area contributed by atoms with Crippen LogP contribution >= 0.6 is 11.6 Å². The molecule has 0 fully saturated rings. The van der Waals surface area contributed by atoms with Gasteiger partial charge < -0.3 is 4.43 Å². The number of hydrogen-bond acceptors (Lipinski definition) is 3. The van der Waals surface area contributed by atoms with Crippen molar-refractivity contribution < 1.29 is 9.22 Å². The maximum absolute atomic E-state index is 12.7. The highest BCUT2D eigenvalue weighted by molar-refractivity contribution is 6.75. The standard InChI is InChI=1S/C17H22ClNO2Si/c1-11-9-12-7-8-13(18)14(15(12)19-10-11)16(20)21-22(5,6)17(2,3)4/h7-10H,1-6H3. The van der Waals surface area contributed by atoms with E-state index >= 15 is 0 Å². The molecule has 0 amide bonds. The number of rotatable bonds is 2. The van der Waals surface area contributed by atoms with Crippen LogP contribution in [0.15, 0.2) is 24.4 Å². The summed E-state index contributed by atoms with van der Waals surface area (Å²) in [6.45, 7) is 12.3. The molecule has 3 nitrogen and oxygen atoms in total. The summed E-state index contributed by atoms with van der Waals surface area (Å²) >= 11 is 6.26. The van der Waals surface area contributed by atoms with Crippen LogP contribution in [0.25, 0.3) is 10.9 Å². The molecule has 1 heterocycles. The van der Waals surface area contributed by atoms with E-state index in [0.717, 1.165) is 10.9 Å². The Balaban J connectivity index is 2.51. The Hall–Kier alpha value is -1.39. The van der Waals surface area contributed by atoms with E-state index in [4.69, 9.17) is 16.0 Å². The van der Waals surface area contributed by atoms with Crippen molar-refractivity contribution in [2.45, 2.75) is 45.8 Å². The second kappa shape index (κ2) is 5.67. The van der Waals surface area contributed by atoms with Crippen molar-refractivity contribution in [3.63, 3.8) is 0 Å². The van der Waals surface area contributed by atoms with Crippen molar-refractivity contribution >= 4 is 36.8 Å². The van der Waals surface area contributed by atoms with Crippen LogP contribution < -0.4 is 0 Å². The summed E-state index contributed by atoms with van der Waals surface area (Å²) in [5.74, 6) is -0.376.